The van der Waals surface area contributed by atoms with Gasteiger partial charge in [-0.2, -0.15) is 0 Å². The molecule has 196 valence electrons. The number of aryl methyl sites for hydroxylation is 1. The second kappa shape index (κ2) is 11.3. The second-order valence-corrected chi connectivity index (χ2v) is 11.0. The summed E-state index contributed by atoms with van der Waals surface area (Å²) in [6.45, 7) is 7.74. The Hall–Kier alpha value is -2.76. The minimum atomic E-state index is -2.54. The minimum absolute atomic E-state index is 0.0384. The van der Waals surface area contributed by atoms with Gasteiger partial charge < -0.3 is 4.74 Å². The van der Waals surface area contributed by atoms with Crippen LogP contribution in [-0.4, -0.2) is 43.3 Å². The van der Waals surface area contributed by atoms with E-state index in [1.54, 1.807) is 6.07 Å². The van der Waals surface area contributed by atoms with Crippen molar-refractivity contribution in [2.24, 2.45) is 11.3 Å². The van der Waals surface area contributed by atoms with Gasteiger partial charge in [0.05, 0.1) is 18.2 Å². The molecule has 2 aromatic rings. The standard InChI is InChI=1S/C31H34ClF2NO2/c1-22-16-29(28(32)18-25(22)19-36)37-20-26-11-7-12-27(30(26,2)3)24-10-6-9-23(17-24)8-4-5-14-35-15-13-31(33,34)21-35/h4,6-12,16-19,26H,5,13-15,20-21H2,1-3H3/b8-4+. The van der Waals surface area contributed by atoms with Crippen LogP contribution in [0.4, 0.5) is 8.78 Å². The Labute approximate surface area is 223 Å². The predicted octanol–water partition coefficient (Wildman–Crippen LogP) is 7.88. The number of nitrogens with zero attached hydrogens (tertiary/aromatic N) is 1. The first-order chi connectivity index (χ1) is 17.6. The van der Waals surface area contributed by atoms with E-state index in [0.717, 1.165) is 29.4 Å². The number of halogens is 3. The minimum Gasteiger partial charge on any atom is -0.491 e. The first-order valence-corrected chi connectivity index (χ1v) is 13.1. The molecule has 6 heteroatoms. The van der Waals surface area contributed by atoms with E-state index in [-0.39, 0.29) is 24.3 Å². The Morgan fingerprint density at radius 2 is 2.03 bits per heavy atom. The smallest absolute Gasteiger partial charge is 0.261 e. The molecule has 2 aliphatic rings. The average Bonchev–Trinajstić information content (AvgIpc) is 3.21. The van der Waals surface area contributed by atoms with Crippen LogP contribution in [0, 0.1) is 18.3 Å². The molecule has 1 aliphatic carbocycles. The van der Waals surface area contributed by atoms with E-state index in [2.05, 4.69) is 62.4 Å². The fourth-order valence-corrected chi connectivity index (χ4v) is 5.27. The van der Waals surface area contributed by atoms with E-state index in [0.29, 0.717) is 36.0 Å². The van der Waals surface area contributed by atoms with Gasteiger partial charge in [-0.1, -0.05) is 74.0 Å². The highest BCUT2D eigenvalue weighted by molar-refractivity contribution is 6.32. The molecule has 1 atom stereocenters. The number of rotatable bonds is 9. The summed E-state index contributed by atoms with van der Waals surface area (Å²) in [5.74, 6) is -1.84. The molecule has 3 nitrogen and oxygen atoms in total. The van der Waals surface area contributed by atoms with Crippen molar-refractivity contribution in [3.05, 3.63) is 88.0 Å². The van der Waals surface area contributed by atoms with Crippen molar-refractivity contribution >= 4 is 29.5 Å². The summed E-state index contributed by atoms with van der Waals surface area (Å²) >= 11 is 6.36. The SMILES string of the molecule is Cc1cc(OCC2C=CC=C(c3cccc(/C=C/CCN4CCC(F)(F)C4)c3)C2(C)C)c(Cl)cc1C=O. The number of likely N-dealkylation sites (tertiary alicyclic amines) is 1. The summed E-state index contributed by atoms with van der Waals surface area (Å²) in [6, 6.07) is 11.9. The van der Waals surface area contributed by atoms with Gasteiger partial charge in [0.1, 0.15) is 12.0 Å². The molecule has 37 heavy (non-hydrogen) atoms. The highest BCUT2D eigenvalue weighted by Gasteiger charge is 2.37. The molecular formula is C31H34ClF2NO2. The summed E-state index contributed by atoms with van der Waals surface area (Å²) in [7, 11) is 0. The lowest BCUT2D eigenvalue weighted by Gasteiger charge is -2.37. The molecule has 0 amide bonds. The van der Waals surface area contributed by atoms with Crippen LogP contribution in [0.1, 0.15) is 53.7 Å². The zero-order valence-corrected chi connectivity index (χ0v) is 22.4. The Morgan fingerprint density at radius 1 is 1.22 bits per heavy atom. The van der Waals surface area contributed by atoms with Gasteiger partial charge in [0.25, 0.3) is 5.92 Å². The lowest BCUT2D eigenvalue weighted by Crippen LogP contribution is -2.30. The van der Waals surface area contributed by atoms with Gasteiger partial charge in [-0.15, -0.1) is 0 Å². The highest BCUT2D eigenvalue weighted by Crippen LogP contribution is 2.45. The van der Waals surface area contributed by atoms with Crippen LogP contribution in [0.15, 0.2) is 60.7 Å². The second-order valence-electron chi connectivity index (χ2n) is 10.6. The summed E-state index contributed by atoms with van der Waals surface area (Å²) < 4.78 is 32.9. The number of carbonyl (C=O) groups excluding carboxylic acids is 1. The largest absolute Gasteiger partial charge is 0.491 e. The summed E-state index contributed by atoms with van der Waals surface area (Å²) in [5, 5.41) is 0.430. The topological polar surface area (TPSA) is 29.5 Å². The van der Waals surface area contributed by atoms with Gasteiger partial charge >= 0.3 is 0 Å². The van der Waals surface area contributed by atoms with E-state index in [9.17, 15) is 13.6 Å². The third-order valence-electron chi connectivity index (χ3n) is 7.46. The Balaban J connectivity index is 1.40. The Kier molecular flexibility index (Phi) is 8.35. The zero-order chi connectivity index (χ0) is 26.6. The van der Waals surface area contributed by atoms with Crippen LogP contribution < -0.4 is 4.74 Å². The molecular weight excluding hydrogens is 492 g/mol. The molecule has 4 rings (SSSR count). The highest BCUT2D eigenvalue weighted by atomic mass is 35.5. The lowest BCUT2D eigenvalue weighted by atomic mass is 9.68. The van der Waals surface area contributed by atoms with Crippen LogP contribution in [0.25, 0.3) is 11.6 Å². The number of allylic oxidation sites excluding steroid dienone is 3. The van der Waals surface area contributed by atoms with Gasteiger partial charge in [-0.3, -0.25) is 9.69 Å². The van der Waals surface area contributed by atoms with Gasteiger partial charge in [0.2, 0.25) is 0 Å². The van der Waals surface area contributed by atoms with E-state index in [1.165, 1.54) is 5.57 Å². The van der Waals surface area contributed by atoms with Crippen molar-refractivity contribution < 1.29 is 18.3 Å². The number of carbonyl (C=O) groups is 1. The van der Waals surface area contributed by atoms with E-state index in [1.807, 2.05) is 24.0 Å². The first kappa shape index (κ1) is 27.3. The van der Waals surface area contributed by atoms with E-state index in [4.69, 9.17) is 16.3 Å². The first-order valence-electron chi connectivity index (χ1n) is 12.7. The fourth-order valence-electron chi connectivity index (χ4n) is 5.04. The third-order valence-corrected chi connectivity index (χ3v) is 7.76. The summed E-state index contributed by atoms with van der Waals surface area (Å²) in [5.41, 5.74) is 4.65. The van der Waals surface area contributed by atoms with Crippen molar-refractivity contribution in [1.29, 1.82) is 0 Å². The van der Waals surface area contributed by atoms with Gasteiger partial charge in [-0.25, -0.2) is 8.78 Å². The van der Waals surface area contributed by atoms with Crippen molar-refractivity contribution in [1.82, 2.24) is 4.90 Å². The number of aldehydes is 1. The number of ether oxygens (including phenoxy) is 1. The predicted molar refractivity (Wildman–Crippen MR) is 148 cm³/mol. The van der Waals surface area contributed by atoms with Crippen molar-refractivity contribution in [3.8, 4) is 5.75 Å². The van der Waals surface area contributed by atoms with E-state index < -0.39 is 5.92 Å². The molecule has 1 fully saturated rings. The normalized spacial score (nSPS) is 20.8. The molecule has 1 unspecified atom stereocenters. The molecule has 0 radical (unpaired) electrons. The number of alkyl halides is 2. The quantitative estimate of drug-likeness (QED) is 0.312. The molecule has 0 N–H and O–H groups in total. The molecule has 0 saturated carbocycles. The Bertz CT molecular complexity index is 1230. The maximum atomic E-state index is 13.4. The van der Waals surface area contributed by atoms with Crippen LogP contribution in [0.5, 0.6) is 5.75 Å². The van der Waals surface area contributed by atoms with Crippen LogP contribution >= 0.6 is 11.6 Å². The third kappa shape index (κ3) is 6.58. The van der Waals surface area contributed by atoms with E-state index >= 15 is 0 Å². The average molecular weight is 526 g/mol. The number of hydrogen-bond donors (Lipinski definition) is 0. The van der Waals surface area contributed by atoms with Crippen molar-refractivity contribution in [2.75, 3.05) is 26.2 Å². The maximum Gasteiger partial charge on any atom is 0.261 e. The molecule has 2 aromatic carbocycles. The Morgan fingerprint density at radius 3 is 2.76 bits per heavy atom. The number of hydrogen-bond acceptors (Lipinski definition) is 3. The maximum absolute atomic E-state index is 13.4. The van der Waals surface area contributed by atoms with Crippen LogP contribution in [-0.2, 0) is 0 Å². The monoisotopic (exact) mass is 525 g/mol. The molecule has 1 heterocycles. The van der Waals surface area contributed by atoms with Gasteiger partial charge in [0, 0.05) is 31.0 Å². The molecule has 0 bridgehead atoms. The molecule has 1 saturated heterocycles. The zero-order valence-electron chi connectivity index (χ0n) is 21.6. The summed E-state index contributed by atoms with van der Waals surface area (Å²) in [6.07, 6.45) is 12.0. The van der Waals surface area contributed by atoms with Crippen molar-refractivity contribution in [2.45, 2.75) is 39.5 Å². The summed E-state index contributed by atoms with van der Waals surface area (Å²) in [4.78, 5) is 13.0. The van der Waals surface area contributed by atoms with Crippen molar-refractivity contribution in [3.63, 3.8) is 0 Å². The molecule has 0 aromatic heterocycles. The van der Waals surface area contributed by atoms with Crippen LogP contribution in [0.2, 0.25) is 5.02 Å². The molecule has 1 aliphatic heterocycles. The number of benzene rings is 2. The van der Waals surface area contributed by atoms with Crippen LogP contribution in [0.3, 0.4) is 0 Å². The van der Waals surface area contributed by atoms with Gasteiger partial charge in [0.15, 0.2) is 0 Å². The molecule has 0 spiro atoms. The van der Waals surface area contributed by atoms with Gasteiger partial charge in [-0.05, 0) is 59.2 Å². The lowest BCUT2D eigenvalue weighted by molar-refractivity contribution is 0.0124. The fraction of sp³-hybridized carbons (Fsp3) is 0.387.